The summed E-state index contributed by atoms with van der Waals surface area (Å²) in [6, 6.07) is -0.199. The monoisotopic (exact) mass is 267 g/mol. The minimum absolute atomic E-state index is 0.0238. The molecule has 1 N–H and O–H groups in total. The van der Waals surface area contributed by atoms with Gasteiger partial charge in [0, 0.05) is 19.1 Å². The summed E-state index contributed by atoms with van der Waals surface area (Å²) in [6.45, 7) is 5.46. The topological polar surface area (TPSA) is 77.2 Å². The van der Waals surface area contributed by atoms with E-state index in [0.717, 1.165) is 25.9 Å². The minimum Gasteiger partial charge on any atom is -0.381 e. The molecule has 2 rings (SSSR count). The van der Waals surface area contributed by atoms with Gasteiger partial charge in [0.25, 0.3) is 0 Å². The summed E-state index contributed by atoms with van der Waals surface area (Å²) < 4.78 is 10.1. The molecule has 0 aliphatic carbocycles. The smallest absolute Gasteiger partial charge is 0.223 e. The molecule has 1 fully saturated rings. The Labute approximate surface area is 112 Å². The molecule has 1 aliphatic rings. The largest absolute Gasteiger partial charge is 0.381 e. The zero-order chi connectivity index (χ0) is 13.7. The Kier molecular flexibility index (Phi) is 4.90. The highest BCUT2D eigenvalue weighted by Gasteiger charge is 2.27. The molecular formula is C13H21N3O3. The van der Waals surface area contributed by atoms with Crippen LogP contribution >= 0.6 is 0 Å². The molecule has 1 saturated heterocycles. The van der Waals surface area contributed by atoms with Crippen LogP contribution in [-0.4, -0.2) is 29.3 Å². The van der Waals surface area contributed by atoms with Crippen molar-refractivity contribution >= 4 is 5.91 Å². The second-order valence-electron chi connectivity index (χ2n) is 5.26. The Hall–Kier alpha value is -1.43. The van der Waals surface area contributed by atoms with Crippen molar-refractivity contribution in [3.63, 3.8) is 0 Å². The number of nitrogens with zero attached hydrogens (tertiary/aromatic N) is 2. The lowest BCUT2D eigenvalue weighted by Gasteiger charge is -2.22. The molecule has 6 heteroatoms. The molecule has 1 aliphatic heterocycles. The molecule has 1 amide bonds. The first-order valence-corrected chi connectivity index (χ1v) is 6.83. The van der Waals surface area contributed by atoms with Crippen LogP contribution in [0.5, 0.6) is 0 Å². The Balaban J connectivity index is 1.98. The summed E-state index contributed by atoms with van der Waals surface area (Å²) in [4.78, 5) is 16.3. The van der Waals surface area contributed by atoms with E-state index in [4.69, 9.17) is 9.26 Å². The zero-order valence-corrected chi connectivity index (χ0v) is 11.5. The number of aromatic nitrogens is 2. The number of rotatable bonds is 4. The molecule has 0 radical (unpaired) electrons. The molecule has 106 valence electrons. The first-order valence-electron chi connectivity index (χ1n) is 6.83. The van der Waals surface area contributed by atoms with Gasteiger partial charge in [0.1, 0.15) is 0 Å². The molecule has 1 aromatic heterocycles. The van der Waals surface area contributed by atoms with Crippen LogP contribution < -0.4 is 5.32 Å². The van der Waals surface area contributed by atoms with E-state index in [1.165, 1.54) is 6.39 Å². The molecule has 19 heavy (non-hydrogen) atoms. The van der Waals surface area contributed by atoms with Crippen molar-refractivity contribution in [3.8, 4) is 0 Å². The van der Waals surface area contributed by atoms with E-state index in [0.29, 0.717) is 12.4 Å². The Morgan fingerprint density at radius 2 is 2.26 bits per heavy atom. The fourth-order valence-electron chi connectivity index (χ4n) is 2.28. The van der Waals surface area contributed by atoms with E-state index < -0.39 is 0 Å². The average molecular weight is 267 g/mol. The molecular weight excluding hydrogens is 246 g/mol. The molecule has 0 saturated carbocycles. The van der Waals surface area contributed by atoms with E-state index in [9.17, 15) is 4.79 Å². The standard InChI is InChI=1S/C13H21N3O3/c1-9(2)11(12-14-8-19-16-12)15-13(17)10-4-3-6-18-7-5-10/h8-11H,3-7H2,1-2H3,(H,15,17). The fourth-order valence-corrected chi connectivity index (χ4v) is 2.28. The number of hydrogen-bond acceptors (Lipinski definition) is 5. The second kappa shape index (κ2) is 6.65. The van der Waals surface area contributed by atoms with Crippen molar-refractivity contribution in [1.82, 2.24) is 15.5 Å². The number of ether oxygens (including phenoxy) is 1. The maximum absolute atomic E-state index is 12.3. The van der Waals surface area contributed by atoms with Gasteiger partial charge < -0.3 is 14.6 Å². The van der Waals surface area contributed by atoms with Crippen LogP contribution in [0.25, 0.3) is 0 Å². The highest BCUT2D eigenvalue weighted by molar-refractivity contribution is 5.79. The number of carbonyl (C=O) groups excluding carboxylic acids is 1. The summed E-state index contributed by atoms with van der Waals surface area (Å²) in [5.41, 5.74) is 0. The van der Waals surface area contributed by atoms with Gasteiger partial charge in [0.2, 0.25) is 12.3 Å². The molecule has 0 spiro atoms. The van der Waals surface area contributed by atoms with Gasteiger partial charge in [-0.25, -0.2) is 0 Å². The van der Waals surface area contributed by atoms with E-state index >= 15 is 0 Å². The summed E-state index contributed by atoms with van der Waals surface area (Å²) in [5, 5.41) is 6.87. The highest BCUT2D eigenvalue weighted by atomic mass is 16.5. The van der Waals surface area contributed by atoms with Crippen molar-refractivity contribution in [2.75, 3.05) is 13.2 Å². The second-order valence-corrected chi connectivity index (χ2v) is 5.26. The lowest BCUT2D eigenvalue weighted by molar-refractivity contribution is -0.126. The Morgan fingerprint density at radius 1 is 1.42 bits per heavy atom. The summed E-state index contributed by atoms with van der Waals surface area (Å²) in [6.07, 6.45) is 3.88. The number of nitrogens with one attached hydrogen (secondary N) is 1. The summed E-state index contributed by atoms with van der Waals surface area (Å²) >= 11 is 0. The van der Waals surface area contributed by atoms with Crippen molar-refractivity contribution in [1.29, 1.82) is 0 Å². The van der Waals surface area contributed by atoms with Crippen molar-refractivity contribution in [2.24, 2.45) is 11.8 Å². The third-order valence-electron chi connectivity index (χ3n) is 3.44. The van der Waals surface area contributed by atoms with Gasteiger partial charge in [0.15, 0.2) is 5.82 Å². The van der Waals surface area contributed by atoms with E-state index in [2.05, 4.69) is 15.5 Å². The molecule has 0 bridgehead atoms. The maximum Gasteiger partial charge on any atom is 0.223 e. The van der Waals surface area contributed by atoms with Gasteiger partial charge in [-0.05, 0) is 25.2 Å². The van der Waals surface area contributed by atoms with Crippen LogP contribution in [0.4, 0.5) is 0 Å². The van der Waals surface area contributed by atoms with Crippen LogP contribution in [0.15, 0.2) is 10.9 Å². The number of amides is 1. The highest BCUT2D eigenvalue weighted by Crippen LogP contribution is 2.21. The zero-order valence-electron chi connectivity index (χ0n) is 11.5. The van der Waals surface area contributed by atoms with Crippen LogP contribution in [0.2, 0.25) is 0 Å². The summed E-state index contributed by atoms with van der Waals surface area (Å²) in [7, 11) is 0. The van der Waals surface area contributed by atoms with E-state index in [1.807, 2.05) is 13.8 Å². The molecule has 6 nitrogen and oxygen atoms in total. The normalized spacial score (nSPS) is 21.9. The SMILES string of the molecule is CC(C)C(NC(=O)C1CCCOCC1)c1ncon1. The van der Waals surface area contributed by atoms with Gasteiger partial charge >= 0.3 is 0 Å². The van der Waals surface area contributed by atoms with Gasteiger partial charge in [-0.1, -0.05) is 19.0 Å². The molecule has 0 aromatic carbocycles. The molecule has 1 aromatic rings. The lowest BCUT2D eigenvalue weighted by atomic mass is 9.97. The third kappa shape index (κ3) is 3.76. The quantitative estimate of drug-likeness (QED) is 0.898. The van der Waals surface area contributed by atoms with Crippen LogP contribution in [0, 0.1) is 11.8 Å². The molecule has 2 unspecified atom stereocenters. The number of carbonyl (C=O) groups is 1. The molecule has 2 heterocycles. The van der Waals surface area contributed by atoms with Gasteiger partial charge in [-0.2, -0.15) is 4.98 Å². The molecule has 2 atom stereocenters. The Morgan fingerprint density at radius 3 is 2.95 bits per heavy atom. The van der Waals surface area contributed by atoms with Gasteiger partial charge in [-0.15, -0.1) is 0 Å². The van der Waals surface area contributed by atoms with Crippen LogP contribution in [-0.2, 0) is 9.53 Å². The Bertz CT molecular complexity index is 384. The summed E-state index contributed by atoms with van der Waals surface area (Å²) in [5.74, 6) is 0.835. The van der Waals surface area contributed by atoms with E-state index in [-0.39, 0.29) is 23.8 Å². The first-order chi connectivity index (χ1) is 9.18. The van der Waals surface area contributed by atoms with Crippen LogP contribution in [0.3, 0.4) is 0 Å². The maximum atomic E-state index is 12.3. The fraction of sp³-hybridized carbons (Fsp3) is 0.769. The predicted octanol–water partition coefficient (Wildman–Crippen LogP) is 1.70. The predicted molar refractivity (Wildman–Crippen MR) is 68.2 cm³/mol. The number of hydrogen-bond donors (Lipinski definition) is 1. The van der Waals surface area contributed by atoms with Crippen molar-refractivity contribution < 1.29 is 14.1 Å². The minimum atomic E-state index is -0.199. The average Bonchev–Trinajstić information content (AvgIpc) is 2.76. The van der Waals surface area contributed by atoms with Crippen molar-refractivity contribution in [3.05, 3.63) is 12.2 Å². The van der Waals surface area contributed by atoms with E-state index in [1.54, 1.807) is 0 Å². The van der Waals surface area contributed by atoms with Gasteiger partial charge in [0.05, 0.1) is 6.04 Å². The van der Waals surface area contributed by atoms with Crippen molar-refractivity contribution in [2.45, 2.75) is 39.2 Å². The third-order valence-corrected chi connectivity index (χ3v) is 3.44. The first kappa shape index (κ1) is 14.0. The van der Waals surface area contributed by atoms with Crippen LogP contribution in [0.1, 0.15) is 45.0 Å². The van der Waals surface area contributed by atoms with Gasteiger partial charge in [-0.3, -0.25) is 4.79 Å². The lowest BCUT2D eigenvalue weighted by Crippen LogP contribution is -2.37.